The number of hydrogen-bond donors (Lipinski definition) is 2. The minimum atomic E-state index is -1.10. The molecule has 8 heteroatoms. The van der Waals surface area contributed by atoms with Gasteiger partial charge in [-0.1, -0.05) is 18.2 Å². The minimum Gasteiger partial charge on any atom is -0.377 e. The maximum absolute atomic E-state index is 11.3. The molecule has 1 atom stereocenters. The van der Waals surface area contributed by atoms with Gasteiger partial charge in [0.05, 0.1) is 12.6 Å². The SMILES string of the molecule is [2H]c1[nH]c2nccnc2c1-c1nc(-c2cccc([C@]3(O)CCn4ccnc43)c2)cs1. The lowest BCUT2D eigenvalue weighted by molar-refractivity contribution is 0.0786. The summed E-state index contributed by atoms with van der Waals surface area (Å²) in [6.07, 6.45) is 7.67. The number of benzene rings is 1. The zero-order valence-corrected chi connectivity index (χ0v) is 16.0. The van der Waals surface area contributed by atoms with E-state index in [0.29, 0.717) is 34.0 Å². The molecular formula is C21H16N6OS. The molecular weight excluding hydrogens is 384 g/mol. The molecule has 0 bridgehead atoms. The second kappa shape index (κ2) is 6.07. The molecule has 1 aromatic carbocycles. The second-order valence-electron chi connectivity index (χ2n) is 7.05. The molecule has 6 rings (SSSR count). The van der Waals surface area contributed by atoms with Crippen LogP contribution in [0.25, 0.3) is 33.0 Å². The van der Waals surface area contributed by atoms with E-state index in [4.69, 9.17) is 6.35 Å². The van der Waals surface area contributed by atoms with Gasteiger partial charge in [0, 0.05) is 54.9 Å². The number of imidazole rings is 1. The van der Waals surface area contributed by atoms with Crippen molar-refractivity contribution in [1.82, 2.24) is 29.5 Å². The molecule has 1 aliphatic rings. The summed E-state index contributed by atoms with van der Waals surface area (Å²) in [6, 6.07) is 7.81. The largest absolute Gasteiger partial charge is 0.377 e. The van der Waals surface area contributed by atoms with Gasteiger partial charge in [-0.2, -0.15) is 0 Å². The van der Waals surface area contributed by atoms with Crippen LogP contribution in [0.1, 0.15) is 19.2 Å². The zero-order valence-electron chi connectivity index (χ0n) is 16.2. The molecule has 1 aliphatic heterocycles. The van der Waals surface area contributed by atoms with Crippen LogP contribution >= 0.6 is 11.3 Å². The molecule has 4 aromatic heterocycles. The molecule has 2 N–H and O–H groups in total. The van der Waals surface area contributed by atoms with Gasteiger partial charge in [0.1, 0.15) is 21.9 Å². The highest BCUT2D eigenvalue weighted by Gasteiger charge is 2.40. The summed E-state index contributed by atoms with van der Waals surface area (Å²) in [5, 5.41) is 14.0. The van der Waals surface area contributed by atoms with Crippen LogP contribution in [0, 0.1) is 0 Å². The lowest BCUT2D eigenvalue weighted by Crippen LogP contribution is -2.25. The van der Waals surface area contributed by atoms with Gasteiger partial charge < -0.3 is 14.7 Å². The van der Waals surface area contributed by atoms with Crippen LogP contribution in [0.4, 0.5) is 0 Å². The van der Waals surface area contributed by atoms with Crippen LogP contribution in [0.2, 0.25) is 0 Å². The number of hydrogen-bond acceptors (Lipinski definition) is 6. The Morgan fingerprint density at radius 2 is 2.14 bits per heavy atom. The van der Waals surface area contributed by atoms with Crippen LogP contribution in [0.3, 0.4) is 0 Å². The smallest absolute Gasteiger partial charge is 0.156 e. The maximum Gasteiger partial charge on any atom is 0.156 e. The van der Waals surface area contributed by atoms with Gasteiger partial charge in [-0.25, -0.2) is 15.0 Å². The molecule has 0 saturated carbocycles. The van der Waals surface area contributed by atoms with Crippen molar-refractivity contribution >= 4 is 22.5 Å². The van der Waals surface area contributed by atoms with E-state index in [-0.39, 0.29) is 6.17 Å². The number of aryl methyl sites for hydroxylation is 1. The molecule has 5 heterocycles. The number of nitrogens with one attached hydrogen (secondary N) is 1. The molecule has 5 aromatic rings. The zero-order chi connectivity index (χ0) is 20.3. The molecule has 142 valence electrons. The third-order valence-electron chi connectivity index (χ3n) is 5.39. The molecule has 7 nitrogen and oxygen atoms in total. The van der Waals surface area contributed by atoms with Gasteiger partial charge in [-0.05, 0) is 11.6 Å². The first-order valence-corrected chi connectivity index (χ1v) is 10.1. The van der Waals surface area contributed by atoms with Crippen molar-refractivity contribution in [3.05, 3.63) is 72.0 Å². The molecule has 0 aliphatic carbocycles. The molecule has 0 unspecified atom stereocenters. The lowest BCUT2D eigenvalue weighted by atomic mass is 9.90. The molecule has 0 amide bonds. The Balaban J connectivity index is 1.41. The van der Waals surface area contributed by atoms with E-state index in [1.807, 2.05) is 40.4 Å². The van der Waals surface area contributed by atoms with E-state index in [1.165, 1.54) is 11.3 Å². The van der Waals surface area contributed by atoms with Crippen molar-refractivity contribution in [2.24, 2.45) is 0 Å². The first-order valence-electron chi connectivity index (χ1n) is 9.73. The van der Waals surface area contributed by atoms with Crippen molar-refractivity contribution in [1.29, 1.82) is 0 Å². The monoisotopic (exact) mass is 401 g/mol. The van der Waals surface area contributed by atoms with E-state index in [2.05, 4.69) is 19.9 Å². The summed E-state index contributed by atoms with van der Waals surface area (Å²) in [7, 11) is 0. The van der Waals surface area contributed by atoms with Gasteiger partial charge in [-0.3, -0.25) is 4.98 Å². The quantitative estimate of drug-likeness (QED) is 0.482. The number of fused-ring (bicyclic) bond motifs is 2. The van der Waals surface area contributed by atoms with Gasteiger partial charge in [0.25, 0.3) is 0 Å². The fraction of sp³-hybridized carbons (Fsp3) is 0.143. The standard InChI is InChI=1S/C21H16N6OS/c28-21(4-8-27-9-7-24-20(21)27)14-3-1-2-13(10-14)16-12-29-19(26-16)15-11-25-18-17(15)22-5-6-23-18/h1-3,5-7,9-12,28H,4,8H2,(H,23,25)/t21-/m1/s1/i11D. The van der Waals surface area contributed by atoms with Crippen LogP contribution in [0.15, 0.2) is 60.6 Å². The highest BCUT2D eigenvalue weighted by molar-refractivity contribution is 7.13. The van der Waals surface area contributed by atoms with E-state index in [9.17, 15) is 5.11 Å². The molecule has 0 radical (unpaired) electrons. The van der Waals surface area contributed by atoms with Crippen LogP contribution in [0.5, 0.6) is 0 Å². The highest BCUT2D eigenvalue weighted by Crippen LogP contribution is 2.39. The van der Waals surface area contributed by atoms with Crippen molar-refractivity contribution in [3.8, 4) is 21.8 Å². The lowest BCUT2D eigenvalue weighted by Gasteiger charge is -2.22. The number of rotatable bonds is 3. The predicted molar refractivity (Wildman–Crippen MR) is 110 cm³/mol. The van der Waals surface area contributed by atoms with E-state index < -0.39 is 5.60 Å². The molecule has 29 heavy (non-hydrogen) atoms. The third-order valence-corrected chi connectivity index (χ3v) is 6.25. The van der Waals surface area contributed by atoms with Crippen molar-refractivity contribution in [2.75, 3.05) is 0 Å². The topological polar surface area (TPSA) is 92.5 Å². The van der Waals surface area contributed by atoms with Crippen molar-refractivity contribution < 1.29 is 6.48 Å². The Kier molecular flexibility index (Phi) is 3.25. The minimum absolute atomic E-state index is 0.248. The number of aromatic nitrogens is 6. The summed E-state index contributed by atoms with van der Waals surface area (Å²) in [5.74, 6) is 0.676. The van der Waals surface area contributed by atoms with Gasteiger partial charge in [-0.15, -0.1) is 11.3 Å². The summed E-state index contributed by atoms with van der Waals surface area (Å²) in [6.45, 7) is 0.741. The van der Waals surface area contributed by atoms with Gasteiger partial charge >= 0.3 is 0 Å². The Morgan fingerprint density at radius 3 is 3.10 bits per heavy atom. The van der Waals surface area contributed by atoms with Crippen molar-refractivity contribution in [2.45, 2.75) is 18.6 Å². The maximum atomic E-state index is 11.3. The van der Waals surface area contributed by atoms with E-state index in [1.54, 1.807) is 18.6 Å². The molecule has 0 saturated heterocycles. The van der Waals surface area contributed by atoms with Crippen LogP contribution < -0.4 is 0 Å². The predicted octanol–water partition coefficient (Wildman–Crippen LogP) is 3.58. The second-order valence-corrected chi connectivity index (χ2v) is 7.91. The average molecular weight is 401 g/mol. The molecule has 0 fully saturated rings. The Hall–Kier alpha value is -3.36. The normalized spacial score (nSPS) is 18.9. The van der Waals surface area contributed by atoms with Gasteiger partial charge in [0.2, 0.25) is 0 Å². The number of aliphatic hydroxyl groups is 1. The first-order chi connectivity index (χ1) is 14.6. The van der Waals surface area contributed by atoms with Gasteiger partial charge in [0.15, 0.2) is 5.65 Å². The van der Waals surface area contributed by atoms with Crippen LogP contribution in [-0.4, -0.2) is 34.6 Å². The number of nitrogens with zero attached hydrogens (tertiary/aromatic N) is 5. The number of H-pyrrole nitrogens is 1. The number of thiazole rings is 1. The Labute approximate surface area is 171 Å². The summed E-state index contributed by atoms with van der Waals surface area (Å²) >= 11 is 1.46. The molecule has 0 spiro atoms. The summed E-state index contributed by atoms with van der Waals surface area (Å²) in [5.41, 5.74) is 3.28. The Morgan fingerprint density at radius 1 is 1.21 bits per heavy atom. The highest BCUT2D eigenvalue weighted by atomic mass is 32.1. The van der Waals surface area contributed by atoms with E-state index >= 15 is 0 Å². The third kappa shape index (κ3) is 2.46. The van der Waals surface area contributed by atoms with E-state index in [0.717, 1.165) is 23.4 Å². The summed E-state index contributed by atoms with van der Waals surface area (Å²) in [4.78, 5) is 20.7. The van der Waals surface area contributed by atoms with Crippen molar-refractivity contribution in [3.63, 3.8) is 0 Å². The number of aromatic amines is 1. The Bertz CT molecular complexity index is 1410. The first kappa shape index (κ1) is 15.5. The fourth-order valence-electron chi connectivity index (χ4n) is 3.93. The van der Waals surface area contributed by atoms with Crippen LogP contribution in [-0.2, 0) is 12.1 Å². The fourth-order valence-corrected chi connectivity index (χ4v) is 4.76. The summed E-state index contributed by atoms with van der Waals surface area (Å²) < 4.78 is 10.3. The average Bonchev–Trinajstić information content (AvgIpc) is 3.52.